The van der Waals surface area contributed by atoms with Crippen LogP contribution in [-0.4, -0.2) is 16.0 Å². The Morgan fingerprint density at radius 3 is 2.70 bits per heavy atom. The van der Waals surface area contributed by atoms with E-state index in [2.05, 4.69) is 10.3 Å². The predicted octanol–water partition coefficient (Wildman–Crippen LogP) is 2.45. The molecular formula is C16H18N2O2. The van der Waals surface area contributed by atoms with Gasteiger partial charge < -0.3 is 10.4 Å². The summed E-state index contributed by atoms with van der Waals surface area (Å²) in [6, 6.07) is 11.6. The van der Waals surface area contributed by atoms with Gasteiger partial charge >= 0.3 is 0 Å². The molecule has 104 valence electrons. The first kappa shape index (κ1) is 14.2. The molecule has 0 spiro atoms. The highest BCUT2D eigenvalue weighted by molar-refractivity contribution is 5.90. The molecule has 0 bridgehead atoms. The number of aliphatic hydroxyl groups excluding tert-OH is 1. The first-order chi connectivity index (χ1) is 9.69. The van der Waals surface area contributed by atoms with Gasteiger partial charge in [-0.25, -0.2) is 4.98 Å². The highest BCUT2D eigenvalue weighted by Crippen LogP contribution is 2.12. The molecule has 0 saturated carbocycles. The molecule has 2 aromatic rings. The van der Waals surface area contributed by atoms with Gasteiger partial charge in [-0.15, -0.1) is 0 Å². The van der Waals surface area contributed by atoms with Crippen molar-refractivity contribution in [1.29, 1.82) is 0 Å². The lowest BCUT2D eigenvalue weighted by atomic mass is 10.1. The number of aliphatic hydroxyl groups is 1. The third-order valence-electron chi connectivity index (χ3n) is 3.08. The standard InChI is InChI=1S/C16H18N2O2/c1-12-4-6-13(7-5-12)8-9-15(20)18-16-14(11-19)3-2-10-17-16/h2-7,10,19H,8-9,11H2,1H3,(H,17,18,20). The summed E-state index contributed by atoms with van der Waals surface area (Å²) >= 11 is 0. The van der Waals surface area contributed by atoms with E-state index in [1.807, 2.05) is 31.2 Å². The van der Waals surface area contributed by atoms with Gasteiger partial charge in [0.05, 0.1) is 6.61 Å². The fourth-order valence-corrected chi connectivity index (χ4v) is 1.89. The molecule has 0 radical (unpaired) electrons. The van der Waals surface area contributed by atoms with Crippen LogP contribution in [0.5, 0.6) is 0 Å². The van der Waals surface area contributed by atoms with Crippen LogP contribution >= 0.6 is 0 Å². The van der Waals surface area contributed by atoms with Crippen LogP contribution in [0.1, 0.15) is 23.1 Å². The van der Waals surface area contributed by atoms with E-state index in [4.69, 9.17) is 0 Å². The van der Waals surface area contributed by atoms with Crippen LogP contribution in [0.2, 0.25) is 0 Å². The van der Waals surface area contributed by atoms with Crippen LogP contribution < -0.4 is 5.32 Å². The number of anilines is 1. The van der Waals surface area contributed by atoms with E-state index >= 15 is 0 Å². The molecule has 4 nitrogen and oxygen atoms in total. The summed E-state index contributed by atoms with van der Waals surface area (Å²) < 4.78 is 0. The van der Waals surface area contributed by atoms with Crippen molar-refractivity contribution in [3.05, 3.63) is 59.3 Å². The molecule has 0 aliphatic carbocycles. The third kappa shape index (κ3) is 3.90. The van der Waals surface area contributed by atoms with Crippen LogP contribution in [-0.2, 0) is 17.8 Å². The van der Waals surface area contributed by atoms with E-state index in [9.17, 15) is 9.90 Å². The van der Waals surface area contributed by atoms with Crippen LogP contribution in [0, 0.1) is 6.92 Å². The van der Waals surface area contributed by atoms with Crippen LogP contribution in [0.3, 0.4) is 0 Å². The van der Waals surface area contributed by atoms with Gasteiger partial charge in [0.1, 0.15) is 5.82 Å². The Kier molecular flexibility index (Phi) is 4.85. The molecule has 1 heterocycles. The molecule has 0 aliphatic rings. The van der Waals surface area contributed by atoms with E-state index < -0.39 is 0 Å². The van der Waals surface area contributed by atoms with Gasteiger partial charge in [0.15, 0.2) is 0 Å². The zero-order valence-electron chi connectivity index (χ0n) is 11.5. The summed E-state index contributed by atoms with van der Waals surface area (Å²) in [4.78, 5) is 16.0. The molecule has 0 saturated heterocycles. The predicted molar refractivity (Wildman–Crippen MR) is 78.3 cm³/mol. The van der Waals surface area contributed by atoms with Crippen molar-refractivity contribution in [2.45, 2.75) is 26.4 Å². The number of nitrogens with zero attached hydrogens (tertiary/aromatic N) is 1. The Hall–Kier alpha value is -2.20. The van der Waals surface area contributed by atoms with Gasteiger partial charge in [-0.3, -0.25) is 4.79 Å². The third-order valence-corrected chi connectivity index (χ3v) is 3.08. The minimum atomic E-state index is -0.137. The lowest BCUT2D eigenvalue weighted by molar-refractivity contribution is -0.116. The summed E-state index contributed by atoms with van der Waals surface area (Å²) in [6.07, 6.45) is 2.67. The fourth-order valence-electron chi connectivity index (χ4n) is 1.89. The lowest BCUT2D eigenvalue weighted by Crippen LogP contribution is -2.14. The van der Waals surface area contributed by atoms with Crippen molar-refractivity contribution in [3.63, 3.8) is 0 Å². The number of aryl methyl sites for hydroxylation is 2. The molecule has 20 heavy (non-hydrogen) atoms. The average molecular weight is 270 g/mol. The van der Waals surface area contributed by atoms with E-state index in [0.29, 0.717) is 24.2 Å². The zero-order chi connectivity index (χ0) is 14.4. The second kappa shape index (κ2) is 6.82. The van der Waals surface area contributed by atoms with Crippen molar-refractivity contribution in [2.24, 2.45) is 0 Å². The quantitative estimate of drug-likeness (QED) is 0.877. The number of pyridine rings is 1. The SMILES string of the molecule is Cc1ccc(CCC(=O)Nc2ncccc2CO)cc1. The summed E-state index contributed by atoms with van der Waals surface area (Å²) in [5.74, 6) is 0.336. The number of benzene rings is 1. The largest absolute Gasteiger partial charge is 0.392 e. The van der Waals surface area contributed by atoms with Gasteiger partial charge in [0.25, 0.3) is 0 Å². The number of amides is 1. The van der Waals surface area contributed by atoms with Crippen LogP contribution in [0.15, 0.2) is 42.6 Å². The Labute approximate surface area is 118 Å². The number of hydrogen-bond donors (Lipinski definition) is 2. The molecule has 0 unspecified atom stereocenters. The highest BCUT2D eigenvalue weighted by Gasteiger charge is 2.07. The smallest absolute Gasteiger partial charge is 0.225 e. The average Bonchev–Trinajstić information content (AvgIpc) is 2.47. The summed E-state index contributed by atoms with van der Waals surface area (Å²) in [5.41, 5.74) is 2.96. The number of rotatable bonds is 5. The molecule has 2 N–H and O–H groups in total. The zero-order valence-corrected chi connectivity index (χ0v) is 11.5. The molecule has 1 aromatic carbocycles. The highest BCUT2D eigenvalue weighted by atomic mass is 16.3. The molecule has 0 aliphatic heterocycles. The van der Waals surface area contributed by atoms with Gasteiger partial charge in [-0.05, 0) is 25.0 Å². The first-order valence-electron chi connectivity index (χ1n) is 6.59. The molecule has 4 heteroatoms. The number of carbonyl (C=O) groups excluding carboxylic acids is 1. The second-order valence-corrected chi connectivity index (χ2v) is 4.70. The van der Waals surface area contributed by atoms with Gasteiger partial charge in [-0.1, -0.05) is 35.9 Å². The Balaban J connectivity index is 1.91. The Bertz CT molecular complexity index is 579. The molecule has 1 aromatic heterocycles. The summed E-state index contributed by atoms with van der Waals surface area (Å²) in [5, 5.41) is 11.9. The van der Waals surface area contributed by atoms with E-state index in [1.165, 1.54) is 5.56 Å². The number of carbonyl (C=O) groups is 1. The van der Waals surface area contributed by atoms with Crippen molar-refractivity contribution < 1.29 is 9.90 Å². The number of aromatic nitrogens is 1. The van der Waals surface area contributed by atoms with Crippen LogP contribution in [0.4, 0.5) is 5.82 Å². The van der Waals surface area contributed by atoms with Crippen molar-refractivity contribution in [1.82, 2.24) is 4.98 Å². The minimum absolute atomic E-state index is 0.0982. The second-order valence-electron chi connectivity index (χ2n) is 4.70. The maximum atomic E-state index is 11.9. The number of hydrogen-bond acceptors (Lipinski definition) is 3. The topological polar surface area (TPSA) is 62.2 Å². The summed E-state index contributed by atoms with van der Waals surface area (Å²) in [6.45, 7) is 1.90. The first-order valence-corrected chi connectivity index (χ1v) is 6.59. The van der Waals surface area contributed by atoms with Crippen molar-refractivity contribution >= 4 is 11.7 Å². The van der Waals surface area contributed by atoms with E-state index in [0.717, 1.165) is 5.56 Å². The maximum Gasteiger partial charge on any atom is 0.225 e. The van der Waals surface area contributed by atoms with Crippen LogP contribution in [0.25, 0.3) is 0 Å². The Morgan fingerprint density at radius 2 is 2.00 bits per heavy atom. The molecule has 0 atom stereocenters. The van der Waals surface area contributed by atoms with Gasteiger partial charge in [0, 0.05) is 18.2 Å². The fraction of sp³-hybridized carbons (Fsp3) is 0.250. The van der Waals surface area contributed by atoms with E-state index in [-0.39, 0.29) is 12.5 Å². The molecule has 2 rings (SSSR count). The molecule has 1 amide bonds. The van der Waals surface area contributed by atoms with Gasteiger partial charge in [0.2, 0.25) is 5.91 Å². The summed E-state index contributed by atoms with van der Waals surface area (Å²) in [7, 11) is 0. The van der Waals surface area contributed by atoms with Gasteiger partial charge in [-0.2, -0.15) is 0 Å². The lowest BCUT2D eigenvalue weighted by Gasteiger charge is -2.08. The Morgan fingerprint density at radius 1 is 1.25 bits per heavy atom. The van der Waals surface area contributed by atoms with E-state index in [1.54, 1.807) is 18.3 Å². The number of nitrogens with one attached hydrogen (secondary N) is 1. The normalized spacial score (nSPS) is 10.3. The van der Waals surface area contributed by atoms with Crippen molar-refractivity contribution in [3.8, 4) is 0 Å². The van der Waals surface area contributed by atoms with Crippen molar-refractivity contribution in [2.75, 3.05) is 5.32 Å². The molecular weight excluding hydrogens is 252 g/mol. The monoisotopic (exact) mass is 270 g/mol. The maximum absolute atomic E-state index is 11.9. The minimum Gasteiger partial charge on any atom is -0.392 e. The molecule has 0 fully saturated rings.